The van der Waals surface area contributed by atoms with Crippen LogP contribution in [0.25, 0.3) is 0 Å². The summed E-state index contributed by atoms with van der Waals surface area (Å²) in [6, 6.07) is 0. The molecule has 1 aromatic heterocycles. The third-order valence-corrected chi connectivity index (χ3v) is 2.32. The monoisotopic (exact) mass is 201 g/mol. The van der Waals surface area contributed by atoms with Crippen molar-refractivity contribution in [3.8, 4) is 0 Å². The van der Waals surface area contributed by atoms with Gasteiger partial charge in [0, 0.05) is 5.38 Å². The predicted octanol–water partition coefficient (Wildman–Crippen LogP) is 1.44. The molecule has 13 heavy (non-hydrogen) atoms. The maximum atomic E-state index is 10.4. The number of ether oxygens (including phenoxy) is 1. The number of aromatic nitrogens is 1. The molecule has 72 valence electrons. The lowest BCUT2D eigenvalue weighted by Gasteiger charge is -2.05. The zero-order valence-corrected chi connectivity index (χ0v) is 8.30. The first-order valence-electron chi connectivity index (χ1n) is 3.85. The number of aliphatic carboxylic acids is 1. The molecule has 0 bridgehead atoms. The van der Waals surface area contributed by atoms with E-state index in [4.69, 9.17) is 9.84 Å². The maximum absolute atomic E-state index is 10.4. The van der Waals surface area contributed by atoms with Gasteiger partial charge in [0.25, 0.3) is 0 Å². The van der Waals surface area contributed by atoms with Crippen LogP contribution in [0.1, 0.15) is 17.6 Å². The van der Waals surface area contributed by atoms with Gasteiger partial charge in [-0.1, -0.05) is 0 Å². The van der Waals surface area contributed by atoms with Crippen LogP contribution >= 0.6 is 11.3 Å². The smallest absolute Gasteiger partial charge is 0.332 e. The van der Waals surface area contributed by atoms with Crippen molar-refractivity contribution in [1.82, 2.24) is 4.98 Å². The topological polar surface area (TPSA) is 59.4 Å². The van der Waals surface area contributed by atoms with E-state index in [1.807, 2.05) is 12.3 Å². The van der Waals surface area contributed by atoms with Gasteiger partial charge in [-0.05, 0) is 13.8 Å². The molecule has 0 unspecified atom stereocenters. The molecule has 0 saturated heterocycles. The number of nitrogens with zero attached hydrogens (tertiary/aromatic N) is 1. The maximum Gasteiger partial charge on any atom is 0.332 e. The number of hydrogen-bond donors (Lipinski definition) is 1. The Balaban J connectivity index is 2.39. The van der Waals surface area contributed by atoms with E-state index < -0.39 is 12.1 Å². The molecule has 0 amide bonds. The molecule has 0 saturated carbocycles. The molecule has 0 radical (unpaired) electrons. The average molecular weight is 201 g/mol. The van der Waals surface area contributed by atoms with Crippen molar-refractivity contribution in [2.75, 3.05) is 0 Å². The molecule has 0 aliphatic heterocycles. The van der Waals surface area contributed by atoms with Gasteiger partial charge in [0.1, 0.15) is 0 Å². The third kappa shape index (κ3) is 3.12. The van der Waals surface area contributed by atoms with E-state index in [2.05, 4.69) is 4.98 Å². The standard InChI is InChI=1S/C8H11NO3S/c1-5(8(10)11)12-3-7-4-13-6(2)9-7/h4-5H,3H2,1-2H3,(H,10,11)/t5-/m0/s1. The molecule has 1 rings (SSSR count). The van der Waals surface area contributed by atoms with Gasteiger partial charge in [0.15, 0.2) is 6.10 Å². The van der Waals surface area contributed by atoms with Crippen LogP contribution in [0.4, 0.5) is 0 Å². The number of carboxylic acid groups (broad SMARTS) is 1. The first-order valence-corrected chi connectivity index (χ1v) is 4.73. The Morgan fingerprint density at radius 3 is 3.00 bits per heavy atom. The lowest BCUT2D eigenvalue weighted by atomic mass is 10.4. The largest absolute Gasteiger partial charge is 0.479 e. The molecular formula is C8H11NO3S. The van der Waals surface area contributed by atoms with Gasteiger partial charge in [0.2, 0.25) is 0 Å². The fourth-order valence-electron chi connectivity index (χ4n) is 0.756. The van der Waals surface area contributed by atoms with Gasteiger partial charge < -0.3 is 9.84 Å². The summed E-state index contributed by atoms with van der Waals surface area (Å²) in [7, 11) is 0. The van der Waals surface area contributed by atoms with E-state index in [1.165, 1.54) is 18.3 Å². The summed E-state index contributed by atoms with van der Waals surface area (Å²) < 4.78 is 5.05. The first kappa shape index (κ1) is 10.1. The van der Waals surface area contributed by atoms with Gasteiger partial charge >= 0.3 is 5.97 Å². The van der Waals surface area contributed by atoms with Gasteiger partial charge in [-0.2, -0.15) is 0 Å². The average Bonchev–Trinajstić information content (AvgIpc) is 2.47. The molecule has 0 aliphatic rings. The van der Waals surface area contributed by atoms with E-state index in [9.17, 15) is 4.79 Å². The molecule has 5 heteroatoms. The summed E-state index contributed by atoms with van der Waals surface area (Å²) in [4.78, 5) is 14.5. The van der Waals surface area contributed by atoms with E-state index >= 15 is 0 Å². The summed E-state index contributed by atoms with van der Waals surface area (Å²) >= 11 is 1.53. The second-order valence-corrected chi connectivity index (χ2v) is 3.71. The quantitative estimate of drug-likeness (QED) is 0.800. The number of aryl methyl sites for hydroxylation is 1. The van der Waals surface area contributed by atoms with Crippen molar-refractivity contribution in [3.05, 3.63) is 16.1 Å². The Morgan fingerprint density at radius 2 is 2.54 bits per heavy atom. The van der Waals surface area contributed by atoms with Crippen LogP contribution in [0.15, 0.2) is 5.38 Å². The summed E-state index contributed by atoms with van der Waals surface area (Å²) in [6.45, 7) is 3.66. The lowest BCUT2D eigenvalue weighted by molar-refractivity contribution is -0.149. The Kier molecular flexibility index (Phi) is 3.39. The minimum atomic E-state index is -0.952. The van der Waals surface area contributed by atoms with Crippen LogP contribution in [-0.4, -0.2) is 22.2 Å². The molecular weight excluding hydrogens is 190 g/mol. The molecule has 0 fully saturated rings. The van der Waals surface area contributed by atoms with Gasteiger partial charge in [-0.3, -0.25) is 0 Å². The van der Waals surface area contributed by atoms with Crippen molar-refractivity contribution in [3.63, 3.8) is 0 Å². The molecule has 0 aromatic carbocycles. The summed E-state index contributed by atoms with van der Waals surface area (Å²) in [5.41, 5.74) is 0.788. The van der Waals surface area contributed by atoms with Crippen LogP contribution in [0.2, 0.25) is 0 Å². The highest BCUT2D eigenvalue weighted by molar-refractivity contribution is 7.09. The molecule has 1 heterocycles. The minimum Gasteiger partial charge on any atom is -0.479 e. The van der Waals surface area contributed by atoms with Gasteiger partial charge in [0.05, 0.1) is 17.3 Å². The highest BCUT2D eigenvalue weighted by atomic mass is 32.1. The minimum absolute atomic E-state index is 0.262. The molecule has 0 aliphatic carbocycles. The van der Waals surface area contributed by atoms with E-state index in [1.54, 1.807) is 0 Å². The second kappa shape index (κ2) is 4.34. The Bertz CT molecular complexity index is 297. The number of carboxylic acids is 1. The van der Waals surface area contributed by atoms with E-state index in [0.29, 0.717) is 0 Å². The third-order valence-electron chi connectivity index (χ3n) is 1.50. The number of rotatable bonds is 4. The fraction of sp³-hybridized carbons (Fsp3) is 0.500. The number of carbonyl (C=O) groups is 1. The lowest BCUT2D eigenvalue weighted by Crippen LogP contribution is -2.19. The summed E-state index contributed by atoms with van der Waals surface area (Å²) in [5.74, 6) is -0.952. The van der Waals surface area contributed by atoms with Crippen LogP contribution in [0.5, 0.6) is 0 Å². The predicted molar refractivity (Wildman–Crippen MR) is 48.7 cm³/mol. The van der Waals surface area contributed by atoms with Crippen molar-refractivity contribution >= 4 is 17.3 Å². The van der Waals surface area contributed by atoms with Gasteiger partial charge in [-0.25, -0.2) is 9.78 Å². The SMILES string of the molecule is Cc1nc(CO[C@@H](C)C(=O)O)cs1. The molecule has 4 nitrogen and oxygen atoms in total. The second-order valence-electron chi connectivity index (χ2n) is 2.65. The normalized spacial score (nSPS) is 12.8. The fourth-order valence-corrected chi connectivity index (χ4v) is 1.35. The molecule has 0 spiro atoms. The van der Waals surface area contributed by atoms with Crippen LogP contribution in [0.3, 0.4) is 0 Å². The molecule has 1 N–H and O–H groups in total. The highest BCUT2D eigenvalue weighted by Crippen LogP contribution is 2.09. The van der Waals surface area contributed by atoms with E-state index in [0.717, 1.165) is 10.7 Å². The Hall–Kier alpha value is -0.940. The zero-order valence-electron chi connectivity index (χ0n) is 7.48. The zero-order chi connectivity index (χ0) is 9.84. The summed E-state index contributed by atoms with van der Waals surface area (Å²) in [5, 5.41) is 11.3. The first-order chi connectivity index (χ1) is 6.09. The van der Waals surface area contributed by atoms with Crippen molar-refractivity contribution in [2.24, 2.45) is 0 Å². The van der Waals surface area contributed by atoms with Gasteiger partial charge in [-0.15, -0.1) is 11.3 Å². The Labute approximate surface area is 80.2 Å². The van der Waals surface area contributed by atoms with Crippen LogP contribution in [-0.2, 0) is 16.1 Å². The highest BCUT2D eigenvalue weighted by Gasteiger charge is 2.11. The van der Waals surface area contributed by atoms with Crippen molar-refractivity contribution in [1.29, 1.82) is 0 Å². The van der Waals surface area contributed by atoms with Crippen molar-refractivity contribution in [2.45, 2.75) is 26.6 Å². The van der Waals surface area contributed by atoms with Crippen LogP contribution < -0.4 is 0 Å². The summed E-state index contributed by atoms with van der Waals surface area (Å²) in [6.07, 6.45) is -0.776. The molecule has 1 atom stereocenters. The van der Waals surface area contributed by atoms with Crippen LogP contribution in [0, 0.1) is 6.92 Å². The molecule has 1 aromatic rings. The number of hydrogen-bond acceptors (Lipinski definition) is 4. The van der Waals surface area contributed by atoms with E-state index in [-0.39, 0.29) is 6.61 Å². The number of thiazole rings is 1. The van der Waals surface area contributed by atoms with Crippen molar-refractivity contribution < 1.29 is 14.6 Å². The Morgan fingerprint density at radius 1 is 1.85 bits per heavy atom.